The summed E-state index contributed by atoms with van der Waals surface area (Å²) in [5, 5.41) is 0. The molecule has 2 atom stereocenters. The molecule has 2 nitrogen and oxygen atoms in total. The van der Waals surface area contributed by atoms with E-state index in [1.165, 1.54) is 38.6 Å². The van der Waals surface area contributed by atoms with Crippen LogP contribution in [-0.2, 0) is 0 Å². The number of likely N-dealkylation sites (N-methyl/N-ethyl adjacent to an activating group) is 1. The maximum Gasteiger partial charge on any atom is 0.0331 e. The van der Waals surface area contributed by atoms with Crippen molar-refractivity contribution in [3.05, 3.63) is 0 Å². The van der Waals surface area contributed by atoms with E-state index in [1.807, 2.05) is 0 Å². The number of nitrogens with zero attached hydrogens (tertiary/aromatic N) is 1. The van der Waals surface area contributed by atoms with Crippen molar-refractivity contribution in [2.45, 2.75) is 65.3 Å². The van der Waals surface area contributed by atoms with Crippen molar-refractivity contribution in [3.63, 3.8) is 0 Å². The number of rotatable bonds is 6. The van der Waals surface area contributed by atoms with Crippen molar-refractivity contribution in [2.24, 2.45) is 23.5 Å². The summed E-state index contributed by atoms with van der Waals surface area (Å²) >= 11 is 0. The van der Waals surface area contributed by atoms with E-state index in [1.54, 1.807) is 0 Å². The summed E-state index contributed by atoms with van der Waals surface area (Å²) in [6.07, 6.45) is 6.75. The van der Waals surface area contributed by atoms with Crippen LogP contribution in [-0.4, -0.2) is 30.6 Å². The molecule has 0 radical (unpaired) electrons. The van der Waals surface area contributed by atoms with Gasteiger partial charge in [0.25, 0.3) is 0 Å². The summed E-state index contributed by atoms with van der Waals surface area (Å²) < 4.78 is 0. The predicted molar refractivity (Wildman–Crippen MR) is 80.7 cm³/mol. The first kappa shape index (κ1) is 16.0. The highest BCUT2D eigenvalue weighted by Crippen LogP contribution is 2.38. The molecule has 0 spiro atoms. The van der Waals surface area contributed by atoms with Crippen LogP contribution in [0, 0.1) is 17.8 Å². The Balaban J connectivity index is 2.67. The quantitative estimate of drug-likeness (QED) is 0.786. The molecule has 1 aliphatic carbocycles. The largest absolute Gasteiger partial charge is 0.329 e. The Kier molecular flexibility index (Phi) is 6.13. The van der Waals surface area contributed by atoms with Crippen LogP contribution < -0.4 is 5.73 Å². The summed E-state index contributed by atoms with van der Waals surface area (Å²) in [5.41, 5.74) is 6.45. The van der Waals surface area contributed by atoms with Gasteiger partial charge in [-0.15, -0.1) is 0 Å². The van der Waals surface area contributed by atoms with Crippen LogP contribution in [0.2, 0.25) is 0 Å². The fourth-order valence-corrected chi connectivity index (χ4v) is 3.76. The predicted octanol–water partition coefficient (Wildman–Crippen LogP) is 3.51. The molecule has 2 N–H and O–H groups in total. The maximum atomic E-state index is 6.17. The van der Waals surface area contributed by atoms with Gasteiger partial charge in [0.05, 0.1) is 0 Å². The Bertz CT molecular complexity index is 237. The van der Waals surface area contributed by atoms with Crippen LogP contribution in [0.1, 0.15) is 59.8 Å². The lowest BCUT2D eigenvalue weighted by atomic mass is 9.72. The highest BCUT2D eigenvalue weighted by Gasteiger charge is 2.38. The van der Waals surface area contributed by atoms with Crippen LogP contribution in [0.5, 0.6) is 0 Å². The van der Waals surface area contributed by atoms with Gasteiger partial charge in [0.2, 0.25) is 0 Å². The monoisotopic (exact) mass is 254 g/mol. The van der Waals surface area contributed by atoms with Gasteiger partial charge in [-0.05, 0) is 44.1 Å². The van der Waals surface area contributed by atoms with Crippen molar-refractivity contribution >= 4 is 0 Å². The van der Waals surface area contributed by atoms with Gasteiger partial charge in [-0.25, -0.2) is 0 Å². The fraction of sp³-hybridized carbons (Fsp3) is 1.00. The molecule has 2 heteroatoms. The van der Waals surface area contributed by atoms with E-state index in [4.69, 9.17) is 5.73 Å². The fourth-order valence-electron chi connectivity index (χ4n) is 3.76. The minimum Gasteiger partial charge on any atom is -0.329 e. The van der Waals surface area contributed by atoms with Crippen LogP contribution in [0.25, 0.3) is 0 Å². The Morgan fingerprint density at radius 3 is 2.39 bits per heavy atom. The second-order valence-electron chi connectivity index (χ2n) is 7.29. The zero-order chi connectivity index (χ0) is 13.8. The second kappa shape index (κ2) is 6.91. The third kappa shape index (κ3) is 4.24. The van der Waals surface area contributed by atoms with Gasteiger partial charge in [-0.3, -0.25) is 4.90 Å². The molecule has 0 amide bonds. The van der Waals surface area contributed by atoms with E-state index >= 15 is 0 Å². The lowest BCUT2D eigenvalue weighted by Crippen LogP contribution is -2.55. The minimum atomic E-state index is 0.280. The molecule has 2 unspecified atom stereocenters. The zero-order valence-electron chi connectivity index (χ0n) is 13.2. The van der Waals surface area contributed by atoms with E-state index < -0.39 is 0 Å². The average molecular weight is 254 g/mol. The van der Waals surface area contributed by atoms with Crippen molar-refractivity contribution in [2.75, 3.05) is 20.1 Å². The van der Waals surface area contributed by atoms with E-state index in [-0.39, 0.29) is 5.54 Å². The Morgan fingerprint density at radius 1 is 1.22 bits per heavy atom. The molecule has 0 aromatic rings. The van der Waals surface area contributed by atoms with Gasteiger partial charge in [-0.2, -0.15) is 0 Å². The van der Waals surface area contributed by atoms with E-state index in [2.05, 4.69) is 39.6 Å². The molecule has 0 aromatic heterocycles. The lowest BCUT2D eigenvalue weighted by Gasteiger charge is -2.47. The normalized spacial score (nSPS) is 29.5. The molecule has 18 heavy (non-hydrogen) atoms. The maximum absolute atomic E-state index is 6.17. The zero-order valence-corrected chi connectivity index (χ0v) is 13.2. The summed E-state index contributed by atoms with van der Waals surface area (Å²) in [7, 11) is 2.28. The standard InChI is InChI=1S/C16H34N2/c1-13(2)9-15-7-6-8-16(10-15,12-17)18(5)11-14(3)4/h13-15H,6-12,17H2,1-5H3. The smallest absolute Gasteiger partial charge is 0.0331 e. The highest BCUT2D eigenvalue weighted by molar-refractivity contribution is 4.95. The molecule has 1 aliphatic rings. The first-order valence-electron chi connectivity index (χ1n) is 7.81. The molecule has 0 bridgehead atoms. The van der Waals surface area contributed by atoms with Gasteiger partial charge in [0.15, 0.2) is 0 Å². The van der Waals surface area contributed by atoms with Crippen molar-refractivity contribution in [1.82, 2.24) is 4.90 Å². The second-order valence-corrected chi connectivity index (χ2v) is 7.29. The van der Waals surface area contributed by atoms with Gasteiger partial charge in [-0.1, -0.05) is 40.5 Å². The number of hydrogen-bond acceptors (Lipinski definition) is 2. The summed E-state index contributed by atoms with van der Waals surface area (Å²) in [6.45, 7) is 11.3. The molecule has 1 saturated carbocycles. The Hall–Kier alpha value is -0.0800. The molecule has 108 valence electrons. The van der Waals surface area contributed by atoms with Crippen LogP contribution in [0.4, 0.5) is 0 Å². The van der Waals surface area contributed by atoms with Gasteiger partial charge >= 0.3 is 0 Å². The summed E-state index contributed by atoms with van der Waals surface area (Å²) in [5.74, 6) is 2.43. The Labute approximate surface area is 114 Å². The Morgan fingerprint density at radius 2 is 1.89 bits per heavy atom. The topological polar surface area (TPSA) is 29.3 Å². The van der Waals surface area contributed by atoms with Gasteiger partial charge < -0.3 is 5.73 Å². The van der Waals surface area contributed by atoms with Crippen LogP contribution in [0.3, 0.4) is 0 Å². The summed E-state index contributed by atoms with van der Waals surface area (Å²) in [6, 6.07) is 0. The van der Waals surface area contributed by atoms with E-state index in [0.29, 0.717) is 0 Å². The third-order valence-corrected chi connectivity index (χ3v) is 4.56. The average Bonchev–Trinajstić information content (AvgIpc) is 2.27. The molecule has 1 rings (SSSR count). The minimum absolute atomic E-state index is 0.280. The molecule has 0 aromatic carbocycles. The van der Waals surface area contributed by atoms with Crippen LogP contribution >= 0.6 is 0 Å². The highest BCUT2D eigenvalue weighted by atomic mass is 15.2. The number of hydrogen-bond donors (Lipinski definition) is 1. The lowest BCUT2D eigenvalue weighted by molar-refractivity contribution is 0.0439. The van der Waals surface area contributed by atoms with Gasteiger partial charge in [0, 0.05) is 18.6 Å². The molecule has 0 saturated heterocycles. The number of nitrogens with two attached hydrogens (primary N) is 1. The van der Waals surface area contributed by atoms with E-state index in [0.717, 1.165) is 24.3 Å². The van der Waals surface area contributed by atoms with Gasteiger partial charge in [0.1, 0.15) is 0 Å². The first-order chi connectivity index (χ1) is 8.39. The van der Waals surface area contributed by atoms with Crippen molar-refractivity contribution in [1.29, 1.82) is 0 Å². The molecular formula is C16H34N2. The summed E-state index contributed by atoms with van der Waals surface area (Å²) in [4.78, 5) is 2.56. The first-order valence-corrected chi connectivity index (χ1v) is 7.81. The van der Waals surface area contributed by atoms with Crippen molar-refractivity contribution < 1.29 is 0 Å². The van der Waals surface area contributed by atoms with Crippen LogP contribution in [0.15, 0.2) is 0 Å². The third-order valence-electron chi connectivity index (χ3n) is 4.56. The van der Waals surface area contributed by atoms with E-state index in [9.17, 15) is 0 Å². The molecule has 0 heterocycles. The molecule has 1 fully saturated rings. The SMILES string of the molecule is CC(C)CC1CCCC(CN)(N(C)CC(C)C)C1. The molecule has 0 aliphatic heterocycles. The van der Waals surface area contributed by atoms with Crippen molar-refractivity contribution in [3.8, 4) is 0 Å². The molecular weight excluding hydrogens is 220 g/mol.